The SMILES string of the molecule is CC(C)c1ccccc1NC(=O)NC1CC(=O)N(C(C)(C)C)C1. The minimum atomic E-state index is -0.258. The molecule has 0 aliphatic carbocycles. The first-order valence-corrected chi connectivity index (χ1v) is 8.15. The van der Waals surface area contributed by atoms with E-state index in [4.69, 9.17) is 0 Å². The molecule has 2 N–H and O–H groups in total. The predicted octanol–water partition coefficient (Wildman–Crippen LogP) is 3.33. The minimum Gasteiger partial charge on any atom is -0.336 e. The van der Waals surface area contributed by atoms with E-state index in [1.807, 2.05) is 49.9 Å². The molecule has 1 unspecified atom stereocenters. The van der Waals surface area contributed by atoms with Crippen LogP contribution in [0.4, 0.5) is 10.5 Å². The van der Waals surface area contributed by atoms with Crippen molar-refractivity contribution >= 4 is 17.6 Å². The smallest absolute Gasteiger partial charge is 0.319 e. The summed E-state index contributed by atoms with van der Waals surface area (Å²) in [5, 5.41) is 5.82. The third-order valence-electron chi connectivity index (χ3n) is 4.10. The molecule has 23 heavy (non-hydrogen) atoms. The Morgan fingerprint density at radius 1 is 1.26 bits per heavy atom. The fraction of sp³-hybridized carbons (Fsp3) is 0.556. The number of likely N-dealkylation sites (tertiary alicyclic amines) is 1. The molecule has 1 atom stereocenters. The van der Waals surface area contributed by atoms with Crippen LogP contribution in [-0.4, -0.2) is 35.0 Å². The third-order valence-corrected chi connectivity index (χ3v) is 4.10. The van der Waals surface area contributed by atoms with Gasteiger partial charge in [-0.25, -0.2) is 4.79 Å². The molecule has 5 heteroatoms. The summed E-state index contributed by atoms with van der Waals surface area (Å²) in [5.74, 6) is 0.418. The van der Waals surface area contributed by atoms with Crippen molar-refractivity contribution in [1.82, 2.24) is 10.2 Å². The van der Waals surface area contributed by atoms with Gasteiger partial charge in [0.1, 0.15) is 0 Å². The highest BCUT2D eigenvalue weighted by Crippen LogP contribution is 2.24. The molecule has 2 rings (SSSR count). The highest BCUT2D eigenvalue weighted by Gasteiger charge is 2.36. The molecule has 1 saturated heterocycles. The second-order valence-electron chi connectivity index (χ2n) is 7.42. The Bertz CT molecular complexity index is 590. The van der Waals surface area contributed by atoms with Gasteiger partial charge in [0, 0.05) is 24.2 Å². The third kappa shape index (κ3) is 4.24. The minimum absolute atomic E-state index is 0.0883. The molecular weight excluding hydrogens is 290 g/mol. The molecule has 1 aromatic carbocycles. The van der Waals surface area contributed by atoms with Crippen molar-refractivity contribution in [2.24, 2.45) is 0 Å². The van der Waals surface area contributed by atoms with Crippen LogP contribution in [0.3, 0.4) is 0 Å². The van der Waals surface area contributed by atoms with Gasteiger partial charge in [-0.2, -0.15) is 0 Å². The first kappa shape index (κ1) is 17.3. The molecule has 0 aromatic heterocycles. The molecule has 3 amide bonds. The summed E-state index contributed by atoms with van der Waals surface area (Å²) in [6.45, 7) is 10.8. The van der Waals surface area contributed by atoms with Crippen LogP contribution in [0.5, 0.6) is 0 Å². The molecule has 1 aliphatic heterocycles. The van der Waals surface area contributed by atoms with Gasteiger partial charge in [0.2, 0.25) is 5.91 Å². The summed E-state index contributed by atoms with van der Waals surface area (Å²) < 4.78 is 0. The second kappa shape index (κ2) is 6.60. The number of hydrogen-bond donors (Lipinski definition) is 2. The van der Waals surface area contributed by atoms with Crippen LogP contribution in [0.25, 0.3) is 0 Å². The van der Waals surface area contributed by atoms with Crippen molar-refractivity contribution < 1.29 is 9.59 Å². The van der Waals surface area contributed by atoms with Crippen molar-refractivity contribution in [2.45, 2.75) is 58.5 Å². The van der Waals surface area contributed by atoms with E-state index in [0.29, 0.717) is 18.9 Å². The van der Waals surface area contributed by atoms with Gasteiger partial charge < -0.3 is 15.5 Å². The fourth-order valence-corrected chi connectivity index (χ4v) is 2.91. The molecule has 1 aromatic rings. The van der Waals surface area contributed by atoms with Crippen LogP contribution in [0, 0.1) is 0 Å². The lowest BCUT2D eigenvalue weighted by molar-refractivity contribution is -0.131. The van der Waals surface area contributed by atoms with Crippen LogP contribution in [0.2, 0.25) is 0 Å². The van der Waals surface area contributed by atoms with Gasteiger partial charge in [0.25, 0.3) is 0 Å². The maximum absolute atomic E-state index is 12.3. The zero-order valence-electron chi connectivity index (χ0n) is 14.6. The molecule has 0 radical (unpaired) electrons. The van der Waals surface area contributed by atoms with Gasteiger partial charge in [0.15, 0.2) is 0 Å². The summed E-state index contributed by atoms with van der Waals surface area (Å²) in [5.41, 5.74) is 1.70. The summed E-state index contributed by atoms with van der Waals surface area (Å²) >= 11 is 0. The van der Waals surface area contributed by atoms with E-state index in [9.17, 15) is 9.59 Å². The summed E-state index contributed by atoms with van der Waals surface area (Å²) in [4.78, 5) is 26.1. The number of hydrogen-bond acceptors (Lipinski definition) is 2. The number of anilines is 1. The van der Waals surface area contributed by atoms with Crippen molar-refractivity contribution in [1.29, 1.82) is 0 Å². The number of carbonyl (C=O) groups is 2. The summed E-state index contributed by atoms with van der Waals surface area (Å²) in [7, 11) is 0. The quantitative estimate of drug-likeness (QED) is 0.898. The summed E-state index contributed by atoms with van der Waals surface area (Å²) in [6.07, 6.45) is 0.358. The van der Waals surface area contributed by atoms with Crippen molar-refractivity contribution in [3.8, 4) is 0 Å². The number of benzene rings is 1. The predicted molar refractivity (Wildman–Crippen MR) is 92.6 cm³/mol. The first-order chi connectivity index (χ1) is 10.7. The van der Waals surface area contributed by atoms with Gasteiger partial charge in [-0.1, -0.05) is 32.0 Å². The molecular formula is C18H27N3O2. The molecule has 1 heterocycles. The lowest BCUT2D eigenvalue weighted by Crippen LogP contribution is -2.45. The van der Waals surface area contributed by atoms with Crippen LogP contribution in [0.15, 0.2) is 24.3 Å². The van der Waals surface area contributed by atoms with E-state index in [2.05, 4.69) is 24.5 Å². The Kier molecular flexibility index (Phi) is 4.97. The molecule has 1 aliphatic rings. The number of amides is 3. The van der Waals surface area contributed by atoms with E-state index in [0.717, 1.165) is 11.3 Å². The van der Waals surface area contributed by atoms with Crippen molar-refractivity contribution in [2.75, 3.05) is 11.9 Å². The molecule has 0 spiro atoms. The van der Waals surface area contributed by atoms with Crippen molar-refractivity contribution in [3.63, 3.8) is 0 Å². The zero-order valence-corrected chi connectivity index (χ0v) is 14.6. The van der Waals surface area contributed by atoms with Gasteiger partial charge in [-0.3, -0.25) is 4.79 Å². The second-order valence-corrected chi connectivity index (χ2v) is 7.42. The molecule has 0 bridgehead atoms. The molecule has 1 fully saturated rings. The lowest BCUT2D eigenvalue weighted by atomic mass is 10.0. The highest BCUT2D eigenvalue weighted by molar-refractivity contribution is 5.91. The van der Waals surface area contributed by atoms with E-state index in [1.165, 1.54) is 0 Å². The van der Waals surface area contributed by atoms with Crippen LogP contribution in [0.1, 0.15) is 52.5 Å². The molecule has 0 saturated carbocycles. The standard InChI is InChI=1S/C18H27N3O2/c1-12(2)14-8-6-7-9-15(14)20-17(23)19-13-10-16(22)21(11-13)18(3,4)5/h6-9,12-13H,10-11H2,1-5H3,(H2,19,20,23). The Hall–Kier alpha value is -2.04. The van der Waals surface area contributed by atoms with Crippen LogP contribution < -0.4 is 10.6 Å². The number of rotatable bonds is 3. The number of para-hydroxylation sites is 1. The maximum atomic E-state index is 12.3. The average Bonchev–Trinajstić information content (AvgIpc) is 2.79. The van der Waals surface area contributed by atoms with E-state index in [-0.39, 0.29) is 23.5 Å². The Morgan fingerprint density at radius 2 is 1.91 bits per heavy atom. The number of carbonyl (C=O) groups excluding carboxylic acids is 2. The lowest BCUT2D eigenvalue weighted by Gasteiger charge is -2.32. The monoisotopic (exact) mass is 317 g/mol. The van der Waals surface area contributed by atoms with Gasteiger partial charge in [-0.15, -0.1) is 0 Å². The van der Waals surface area contributed by atoms with Crippen LogP contribution in [-0.2, 0) is 4.79 Å². The Morgan fingerprint density at radius 3 is 2.48 bits per heavy atom. The largest absolute Gasteiger partial charge is 0.336 e. The topological polar surface area (TPSA) is 61.4 Å². The Balaban J connectivity index is 1.98. The average molecular weight is 317 g/mol. The number of urea groups is 1. The molecule has 5 nitrogen and oxygen atoms in total. The van der Waals surface area contributed by atoms with Gasteiger partial charge in [-0.05, 0) is 38.3 Å². The highest BCUT2D eigenvalue weighted by atomic mass is 16.2. The number of nitrogens with zero attached hydrogens (tertiary/aromatic N) is 1. The van der Waals surface area contributed by atoms with Crippen molar-refractivity contribution in [3.05, 3.63) is 29.8 Å². The summed E-state index contributed by atoms with van der Waals surface area (Å²) in [6, 6.07) is 7.38. The van der Waals surface area contributed by atoms with Gasteiger partial charge in [0.05, 0.1) is 6.04 Å². The molecule has 126 valence electrons. The first-order valence-electron chi connectivity index (χ1n) is 8.15. The van der Waals surface area contributed by atoms with Crippen LogP contribution >= 0.6 is 0 Å². The Labute approximate surface area is 138 Å². The normalized spacial score (nSPS) is 18.4. The van der Waals surface area contributed by atoms with E-state index >= 15 is 0 Å². The zero-order chi connectivity index (χ0) is 17.2. The fourth-order valence-electron chi connectivity index (χ4n) is 2.91. The number of nitrogens with one attached hydrogen (secondary N) is 2. The van der Waals surface area contributed by atoms with Gasteiger partial charge >= 0.3 is 6.03 Å². The maximum Gasteiger partial charge on any atom is 0.319 e. The van der Waals surface area contributed by atoms with E-state index in [1.54, 1.807) is 0 Å². The van der Waals surface area contributed by atoms with E-state index < -0.39 is 0 Å².